The molecule has 0 heterocycles. The molecule has 1 unspecified atom stereocenters. The monoisotopic (exact) mass is 209 g/mol. The van der Waals surface area contributed by atoms with Gasteiger partial charge in [0.2, 0.25) is 0 Å². The quantitative estimate of drug-likeness (QED) is 0.767. The molecule has 0 aliphatic carbocycles. The van der Waals surface area contributed by atoms with Crippen LogP contribution < -0.4 is 10.1 Å². The van der Waals surface area contributed by atoms with Gasteiger partial charge in [-0.25, -0.2) is 0 Å². The van der Waals surface area contributed by atoms with Crippen LogP contribution >= 0.6 is 0 Å². The van der Waals surface area contributed by atoms with Gasteiger partial charge in [0.1, 0.15) is 12.4 Å². The van der Waals surface area contributed by atoms with Crippen LogP contribution in [0.15, 0.2) is 18.2 Å². The van der Waals surface area contributed by atoms with E-state index in [2.05, 4.69) is 11.4 Å². The van der Waals surface area contributed by atoms with E-state index in [1.807, 2.05) is 33.0 Å². The third-order valence-corrected chi connectivity index (χ3v) is 2.41. The molecule has 0 aromatic heterocycles. The Kier molecular flexibility index (Phi) is 4.59. The number of likely N-dealkylation sites (N-methyl/N-ethyl adjacent to an activating group) is 1. The third-order valence-electron chi connectivity index (χ3n) is 2.41. The minimum Gasteiger partial charge on any atom is -0.492 e. The van der Waals surface area contributed by atoms with Gasteiger partial charge in [-0.1, -0.05) is 12.1 Å². The highest BCUT2D eigenvalue weighted by molar-refractivity contribution is 5.35. The van der Waals surface area contributed by atoms with Gasteiger partial charge in [-0.2, -0.15) is 0 Å². The van der Waals surface area contributed by atoms with Crippen LogP contribution in [0.5, 0.6) is 5.75 Å². The zero-order valence-corrected chi connectivity index (χ0v) is 9.58. The Hall–Kier alpha value is -1.06. The summed E-state index contributed by atoms with van der Waals surface area (Å²) in [5, 5.41) is 12.0. The number of nitrogens with one attached hydrogen (secondary N) is 1. The molecule has 0 bridgehead atoms. The van der Waals surface area contributed by atoms with E-state index < -0.39 is 0 Å². The van der Waals surface area contributed by atoms with E-state index in [1.165, 1.54) is 5.56 Å². The summed E-state index contributed by atoms with van der Waals surface area (Å²) in [5.74, 6) is 0.892. The Morgan fingerprint density at radius 3 is 2.73 bits per heavy atom. The van der Waals surface area contributed by atoms with Crippen LogP contribution in [0.3, 0.4) is 0 Å². The van der Waals surface area contributed by atoms with Crippen LogP contribution in [-0.2, 0) is 0 Å². The number of hydrogen-bond acceptors (Lipinski definition) is 3. The average Bonchev–Trinajstić information content (AvgIpc) is 2.24. The van der Waals surface area contributed by atoms with E-state index in [4.69, 9.17) is 9.84 Å². The van der Waals surface area contributed by atoms with E-state index in [9.17, 15) is 0 Å². The van der Waals surface area contributed by atoms with Crippen LogP contribution in [0.25, 0.3) is 0 Å². The lowest BCUT2D eigenvalue weighted by molar-refractivity contribution is 0.188. The van der Waals surface area contributed by atoms with Crippen molar-refractivity contribution in [2.24, 2.45) is 0 Å². The molecule has 0 saturated carbocycles. The van der Waals surface area contributed by atoms with Crippen molar-refractivity contribution < 1.29 is 9.84 Å². The summed E-state index contributed by atoms with van der Waals surface area (Å²) in [6.07, 6.45) is 0. The minimum atomic E-state index is -0.00934. The molecule has 0 fully saturated rings. The van der Waals surface area contributed by atoms with Crippen molar-refractivity contribution >= 4 is 0 Å². The standard InChI is InChI=1S/C12H19NO2/c1-9-4-5-10(2)12(6-9)15-8-11(7-14)13-3/h4-6,11,13-14H,7-8H2,1-3H3. The minimum absolute atomic E-state index is 0.00934. The summed E-state index contributed by atoms with van der Waals surface area (Å²) >= 11 is 0. The summed E-state index contributed by atoms with van der Waals surface area (Å²) in [4.78, 5) is 0. The molecule has 0 amide bonds. The van der Waals surface area contributed by atoms with Gasteiger partial charge in [0, 0.05) is 0 Å². The Morgan fingerprint density at radius 2 is 2.13 bits per heavy atom. The number of aliphatic hydroxyl groups is 1. The normalized spacial score (nSPS) is 12.5. The second-order valence-electron chi connectivity index (χ2n) is 3.75. The molecule has 0 saturated heterocycles. The number of rotatable bonds is 5. The van der Waals surface area contributed by atoms with Gasteiger partial charge in [-0.05, 0) is 38.1 Å². The van der Waals surface area contributed by atoms with Gasteiger partial charge in [-0.3, -0.25) is 0 Å². The van der Waals surface area contributed by atoms with Gasteiger partial charge in [-0.15, -0.1) is 0 Å². The average molecular weight is 209 g/mol. The summed E-state index contributed by atoms with van der Waals surface area (Å²) in [7, 11) is 1.81. The summed E-state index contributed by atoms with van der Waals surface area (Å²) in [6, 6.07) is 6.10. The van der Waals surface area contributed by atoms with E-state index in [0.717, 1.165) is 11.3 Å². The molecule has 1 aromatic rings. The predicted octanol–water partition coefficient (Wildman–Crippen LogP) is 1.26. The lowest BCUT2D eigenvalue weighted by Crippen LogP contribution is -2.35. The van der Waals surface area contributed by atoms with Crippen LogP contribution in [0.1, 0.15) is 11.1 Å². The number of aryl methyl sites for hydroxylation is 2. The molecule has 0 spiro atoms. The summed E-state index contributed by atoms with van der Waals surface area (Å²) < 4.78 is 5.64. The lowest BCUT2D eigenvalue weighted by atomic mass is 10.1. The first kappa shape index (κ1) is 12.0. The third kappa shape index (κ3) is 3.53. The van der Waals surface area contributed by atoms with Gasteiger partial charge >= 0.3 is 0 Å². The molecule has 1 aromatic carbocycles. The van der Waals surface area contributed by atoms with Gasteiger partial charge in [0.05, 0.1) is 12.6 Å². The van der Waals surface area contributed by atoms with Crippen LogP contribution in [0, 0.1) is 13.8 Å². The smallest absolute Gasteiger partial charge is 0.122 e. The Labute approximate surface area is 91.1 Å². The second kappa shape index (κ2) is 5.73. The SMILES string of the molecule is CNC(CO)COc1cc(C)ccc1C. The van der Waals surface area contributed by atoms with Crippen LogP contribution in [-0.4, -0.2) is 31.4 Å². The highest BCUT2D eigenvalue weighted by Crippen LogP contribution is 2.19. The molecule has 0 aliphatic heterocycles. The van der Waals surface area contributed by atoms with Crippen molar-refractivity contribution in [3.05, 3.63) is 29.3 Å². The highest BCUT2D eigenvalue weighted by Gasteiger charge is 2.06. The Morgan fingerprint density at radius 1 is 1.40 bits per heavy atom. The van der Waals surface area contributed by atoms with E-state index in [0.29, 0.717) is 6.61 Å². The highest BCUT2D eigenvalue weighted by atomic mass is 16.5. The predicted molar refractivity (Wildman–Crippen MR) is 61.3 cm³/mol. The number of aliphatic hydroxyl groups excluding tert-OH is 1. The molecule has 0 radical (unpaired) electrons. The maximum Gasteiger partial charge on any atom is 0.122 e. The molecule has 1 rings (SSSR count). The van der Waals surface area contributed by atoms with E-state index >= 15 is 0 Å². The molecule has 3 nitrogen and oxygen atoms in total. The van der Waals surface area contributed by atoms with Gasteiger partial charge in [0.25, 0.3) is 0 Å². The van der Waals surface area contributed by atoms with E-state index in [1.54, 1.807) is 0 Å². The Balaban J connectivity index is 2.60. The number of ether oxygens (including phenoxy) is 1. The molecule has 15 heavy (non-hydrogen) atoms. The van der Waals surface area contributed by atoms with Crippen LogP contribution in [0.4, 0.5) is 0 Å². The fraction of sp³-hybridized carbons (Fsp3) is 0.500. The van der Waals surface area contributed by atoms with E-state index in [-0.39, 0.29) is 12.6 Å². The summed E-state index contributed by atoms with van der Waals surface area (Å²) in [6.45, 7) is 4.62. The first-order valence-electron chi connectivity index (χ1n) is 5.15. The fourth-order valence-corrected chi connectivity index (χ4v) is 1.28. The Bertz CT molecular complexity index is 308. The number of hydrogen-bond donors (Lipinski definition) is 2. The maximum atomic E-state index is 8.99. The van der Waals surface area contributed by atoms with Crippen LogP contribution in [0.2, 0.25) is 0 Å². The maximum absolute atomic E-state index is 8.99. The molecular weight excluding hydrogens is 190 g/mol. The molecule has 0 aliphatic rings. The van der Waals surface area contributed by atoms with Crippen molar-refractivity contribution in [2.45, 2.75) is 19.9 Å². The van der Waals surface area contributed by atoms with Crippen molar-refractivity contribution in [2.75, 3.05) is 20.3 Å². The first-order chi connectivity index (χ1) is 7.17. The second-order valence-corrected chi connectivity index (χ2v) is 3.75. The zero-order valence-electron chi connectivity index (χ0n) is 9.58. The largest absolute Gasteiger partial charge is 0.492 e. The van der Waals surface area contributed by atoms with Gasteiger partial charge < -0.3 is 15.2 Å². The molecule has 1 atom stereocenters. The topological polar surface area (TPSA) is 41.5 Å². The first-order valence-corrected chi connectivity index (χ1v) is 5.15. The fourth-order valence-electron chi connectivity index (χ4n) is 1.28. The molecule has 2 N–H and O–H groups in total. The van der Waals surface area contributed by atoms with Crippen molar-refractivity contribution in [1.82, 2.24) is 5.32 Å². The lowest BCUT2D eigenvalue weighted by Gasteiger charge is -2.15. The van der Waals surface area contributed by atoms with Gasteiger partial charge in [0.15, 0.2) is 0 Å². The summed E-state index contributed by atoms with van der Waals surface area (Å²) in [5.41, 5.74) is 2.30. The molecule has 84 valence electrons. The zero-order chi connectivity index (χ0) is 11.3. The van der Waals surface area contributed by atoms with Crippen molar-refractivity contribution in [3.8, 4) is 5.75 Å². The number of benzene rings is 1. The van der Waals surface area contributed by atoms with Crippen molar-refractivity contribution in [3.63, 3.8) is 0 Å². The van der Waals surface area contributed by atoms with Crippen molar-refractivity contribution in [1.29, 1.82) is 0 Å². The molecular formula is C12H19NO2. The molecule has 3 heteroatoms.